The zero-order valence-electron chi connectivity index (χ0n) is 12.0. The topological polar surface area (TPSA) is 84.1 Å². The molecule has 0 bridgehead atoms. The lowest BCUT2D eigenvalue weighted by Gasteiger charge is -2.08. The average Bonchev–Trinajstić information content (AvgIpc) is 3.24. The molecule has 3 rings (SSSR count). The summed E-state index contributed by atoms with van der Waals surface area (Å²) in [6.07, 6.45) is 2.31. The monoisotopic (exact) mass is 341 g/mol. The first-order valence-corrected chi connectivity index (χ1v) is 8.73. The standard InChI is InChI=1S/C14H16ClN3O3S/c1-21-14-5-4-11(7-12(14)15)22(19,20)16-8-10-6-13(18-17-10)9-2-3-9/h4-7,9,16H,2-3,8H2,1H3,(H,17,18). The second-order valence-corrected chi connectivity index (χ2v) is 7.39. The summed E-state index contributed by atoms with van der Waals surface area (Å²) in [4.78, 5) is 0.0974. The highest BCUT2D eigenvalue weighted by molar-refractivity contribution is 7.89. The largest absolute Gasteiger partial charge is 0.495 e. The van der Waals surface area contributed by atoms with Crippen molar-refractivity contribution < 1.29 is 13.2 Å². The normalized spacial score (nSPS) is 15.0. The molecule has 0 saturated heterocycles. The van der Waals surface area contributed by atoms with Gasteiger partial charge in [0.25, 0.3) is 0 Å². The zero-order chi connectivity index (χ0) is 15.7. The van der Waals surface area contributed by atoms with Gasteiger partial charge in [-0.1, -0.05) is 11.6 Å². The first-order valence-electron chi connectivity index (χ1n) is 6.87. The van der Waals surface area contributed by atoms with Crippen molar-refractivity contribution in [2.45, 2.75) is 30.2 Å². The number of aromatic amines is 1. The van der Waals surface area contributed by atoms with Crippen molar-refractivity contribution in [3.8, 4) is 5.75 Å². The van der Waals surface area contributed by atoms with Crippen LogP contribution in [0.3, 0.4) is 0 Å². The zero-order valence-corrected chi connectivity index (χ0v) is 13.5. The molecule has 2 aromatic rings. The second-order valence-electron chi connectivity index (χ2n) is 5.21. The van der Waals surface area contributed by atoms with E-state index in [4.69, 9.17) is 16.3 Å². The number of aromatic nitrogens is 2. The van der Waals surface area contributed by atoms with Gasteiger partial charge < -0.3 is 4.74 Å². The molecule has 118 valence electrons. The molecule has 0 radical (unpaired) electrons. The van der Waals surface area contributed by atoms with Gasteiger partial charge in [0.05, 0.1) is 35.0 Å². The molecular formula is C14H16ClN3O3S. The SMILES string of the molecule is COc1ccc(S(=O)(=O)NCc2cc(C3CC3)n[nH]2)cc1Cl. The molecule has 1 aliphatic carbocycles. The van der Waals surface area contributed by atoms with E-state index in [0.717, 1.165) is 24.2 Å². The van der Waals surface area contributed by atoms with Crippen molar-refractivity contribution in [2.75, 3.05) is 7.11 Å². The summed E-state index contributed by atoms with van der Waals surface area (Å²) in [5, 5.41) is 7.30. The van der Waals surface area contributed by atoms with E-state index < -0.39 is 10.0 Å². The number of rotatable bonds is 6. The number of hydrogen-bond donors (Lipinski definition) is 2. The Labute approximate surface area is 133 Å². The average molecular weight is 342 g/mol. The van der Waals surface area contributed by atoms with Crippen LogP contribution in [0.5, 0.6) is 5.75 Å². The van der Waals surface area contributed by atoms with Crippen LogP contribution in [0.25, 0.3) is 0 Å². The summed E-state index contributed by atoms with van der Waals surface area (Å²) in [6, 6.07) is 6.25. The molecule has 1 aromatic carbocycles. The van der Waals surface area contributed by atoms with Gasteiger partial charge in [-0.25, -0.2) is 13.1 Å². The molecular weight excluding hydrogens is 326 g/mol. The molecule has 22 heavy (non-hydrogen) atoms. The number of nitrogens with one attached hydrogen (secondary N) is 2. The highest BCUT2D eigenvalue weighted by Crippen LogP contribution is 2.39. The van der Waals surface area contributed by atoms with Crippen molar-refractivity contribution in [2.24, 2.45) is 0 Å². The quantitative estimate of drug-likeness (QED) is 0.845. The number of halogens is 1. The fourth-order valence-corrected chi connectivity index (χ4v) is 3.48. The van der Waals surface area contributed by atoms with E-state index in [1.54, 1.807) is 0 Å². The summed E-state index contributed by atoms with van der Waals surface area (Å²) in [5.74, 6) is 0.963. The number of methoxy groups -OCH3 is 1. The van der Waals surface area contributed by atoms with Crippen molar-refractivity contribution in [3.05, 3.63) is 40.7 Å². The van der Waals surface area contributed by atoms with Crippen LogP contribution < -0.4 is 9.46 Å². The third-order valence-corrected chi connectivity index (χ3v) is 5.23. The number of hydrogen-bond acceptors (Lipinski definition) is 4. The molecule has 0 spiro atoms. The second kappa shape index (κ2) is 5.91. The highest BCUT2D eigenvalue weighted by Gasteiger charge is 2.26. The van der Waals surface area contributed by atoms with Crippen LogP contribution in [-0.2, 0) is 16.6 Å². The maximum absolute atomic E-state index is 12.3. The molecule has 0 aliphatic heterocycles. The Hall–Kier alpha value is -1.57. The smallest absolute Gasteiger partial charge is 0.240 e. The number of nitrogens with zero attached hydrogens (tertiary/aromatic N) is 1. The van der Waals surface area contributed by atoms with Crippen molar-refractivity contribution >= 4 is 21.6 Å². The molecule has 1 aromatic heterocycles. The summed E-state index contributed by atoms with van der Waals surface area (Å²) >= 11 is 5.96. The molecule has 8 heteroatoms. The van der Waals surface area contributed by atoms with Gasteiger partial charge in [0.15, 0.2) is 0 Å². The minimum absolute atomic E-state index is 0.0974. The van der Waals surface area contributed by atoms with Crippen LogP contribution in [0.4, 0.5) is 0 Å². The van der Waals surface area contributed by atoms with Crippen LogP contribution in [0.2, 0.25) is 5.02 Å². The molecule has 0 unspecified atom stereocenters. The van der Waals surface area contributed by atoms with Crippen LogP contribution in [0.15, 0.2) is 29.2 Å². The van der Waals surface area contributed by atoms with Gasteiger partial charge in [-0.05, 0) is 37.1 Å². The van der Waals surface area contributed by atoms with Crippen molar-refractivity contribution in [1.82, 2.24) is 14.9 Å². The minimum atomic E-state index is -3.64. The third kappa shape index (κ3) is 3.26. The predicted octanol–water partition coefficient (Wildman–Crippen LogP) is 2.43. The van der Waals surface area contributed by atoms with Crippen LogP contribution in [0.1, 0.15) is 30.1 Å². The Morgan fingerprint density at radius 1 is 1.41 bits per heavy atom. The molecule has 1 heterocycles. The Morgan fingerprint density at radius 3 is 2.82 bits per heavy atom. The van der Waals surface area contributed by atoms with Gasteiger partial charge in [-0.2, -0.15) is 5.10 Å². The maximum Gasteiger partial charge on any atom is 0.240 e. The number of sulfonamides is 1. The van der Waals surface area contributed by atoms with Gasteiger partial charge in [-0.15, -0.1) is 0 Å². The number of benzene rings is 1. The van der Waals surface area contributed by atoms with E-state index in [0.29, 0.717) is 11.7 Å². The summed E-state index contributed by atoms with van der Waals surface area (Å²) in [6.45, 7) is 0.158. The lowest BCUT2D eigenvalue weighted by molar-refractivity contribution is 0.414. The van der Waals surface area contributed by atoms with Crippen molar-refractivity contribution in [1.29, 1.82) is 0 Å². The molecule has 1 saturated carbocycles. The Bertz CT molecular complexity index is 784. The van der Waals surface area contributed by atoms with Gasteiger partial charge in [0, 0.05) is 5.92 Å². The van der Waals surface area contributed by atoms with Crippen molar-refractivity contribution in [3.63, 3.8) is 0 Å². The Kier molecular flexibility index (Phi) is 4.12. The molecule has 0 atom stereocenters. The van der Waals surface area contributed by atoms with Gasteiger partial charge in [0.2, 0.25) is 10.0 Å². The highest BCUT2D eigenvalue weighted by atomic mass is 35.5. The third-order valence-electron chi connectivity index (χ3n) is 3.53. The van der Waals surface area contributed by atoms with E-state index in [2.05, 4.69) is 14.9 Å². The predicted molar refractivity (Wildman–Crippen MR) is 82.6 cm³/mol. The van der Waals surface area contributed by atoms with Gasteiger partial charge in [0.1, 0.15) is 5.75 Å². The van der Waals surface area contributed by atoms with E-state index in [1.807, 2.05) is 6.07 Å². The van der Waals surface area contributed by atoms with Gasteiger partial charge >= 0.3 is 0 Å². The van der Waals surface area contributed by atoms with E-state index in [9.17, 15) is 8.42 Å². The summed E-state index contributed by atoms with van der Waals surface area (Å²) < 4.78 is 32.1. The number of ether oxygens (including phenoxy) is 1. The van der Waals surface area contributed by atoms with E-state index in [-0.39, 0.29) is 16.5 Å². The lowest BCUT2D eigenvalue weighted by Crippen LogP contribution is -2.23. The minimum Gasteiger partial charge on any atom is -0.495 e. The van der Waals surface area contributed by atoms with Crippen LogP contribution in [0, 0.1) is 0 Å². The molecule has 1 fully saturated rings. The first-order chi connectivity index (χ1) is 10.5. The van der Waals surface area contributed by atoms with E-state index >= 15 is 0 Å². The van der Waals surface area contributed by atoms with E-state index in [1.165, 1.54) is 25.3 Å². The molecule has 1 aliphatic rings. The fourth-order valence-electron chi connectivity index (χ4n) is 2.13. The molecule has 2 N–H and O–H groups in total. The Balaban J connectivity index is 1.70. The van der Waals surface area contributed by atoms with Gasteiger partial charge in [-0.3, -0.25) is 5.10 Å². The lowest BCUT2D eigenvalue weighted by atomic mass is 10.3. The fraction of sp³-hybridized carbons (Fsp3) is 0.357. The summed E-state index contributed by atoms with van der Waals surface area (Å²) in [5.41, 5.74) is 1.74. The first kappa shape index (κ1) is 15.3. The van der Waals surface area contributed by atoms with Crippen LogP contribution in [-0.4, -0.2) is 25.7 Å². The number of H-pyrrole nitrogens is 1. The Morgan fingerprint density at radius 2 is 2.18 bits per heavy atom. The van der Waals surface area contributed by atoms with Crippen LogP contribution >= 0.6 is 11.6 Å². The summed E-state index contributed by atoms with van der Waals surface area (Å²) in [7, 11) is -2.16. The maximum atomic E-state index is 12.3. The molecule has 0 amide bonds. The molecule has 6 nitrogen and oxygen atoms in total.